The molecule has 0 fully saturated rings. The first-order valence-electron chi connectivity index (χ1n) is 5.07. The molecule has 0 aliphatic rings. The van der Waals surface area contributed by atoms with E-state index in [-0.39, 0.29) is 0 Å². The van der Waals surface area contributed by atoms with Gasteiger partial charge in [0, 0.05) is 0 Å². The highest BCUT2D eigenvalue weighted by atomic mass is 15.3. The van der Waals surface area contributed by atoms with Gasteiger partial charge in [-0.15, -0.1) is 0 Å². The number of hydrogen-bond donors (Lipinski definition) is 0. The van der Waals surface area contributed by atoms with Gasteiger partial charge in [-0.3, -0.25) is 0 Å². The summed E-state index contributed by atoms with van der Waals surface area (Å²) in [5.74, 6) is 0. The average Bonchev–Trinajstić information content (AvgIpc) is 2.73. The van der Waals surface area contributed by atoms with E-state index in [2.05, 4.69) is 15.1 Å². The van der Waals surface area contributed by atoms with Gasteiger partial charge in [-0.2, -0.15) is 5.10 Å². The normalized spacial score (nSPS) is 10.8. The maximum absolute atomic E-state index is 4.38. The fraction of sp³-hybridized carbons (Fsp3) is 0.0833. The van der Waals surface area contributed by atoms with Crippen LogP contribution in [-0.2, 0) is 0 Å². The minimum atomic E-state index is 0.789. The summed E-state index contributed by atoms with van der Waals surface area (Å²) in [5, 5.41) is 4.30. The Balaban J connectivity index is 2.26. The molecule has 0 amide bonds. The highest BCUT2D eigenvalue weighted by molar-refractivity contribution is 5.71. The van der Waals surface area contributed by atoms with Crippen molar-refractivity contribution in [3.8, 4) is 5.69 Å². The van der Waals surface area contributed by atoms with Crippen LogP contribution in [0.5, 0.6) is 0 Å². The molecule has 0 aliphatic carbocycles. The summed E-state index contributed by atoms with van der Waals surface area (Å²) in [4.78, 5) is 8.73. The molecule has 4 nitrogen and oxygen atoms in total. The fourth-order valence-electron chi connectivity index (χ4n) is 1.66. The van der Waals surface area contributed by atoms with E-state index in [9.17, 15) is 0 Å². The molecule has 78 valence electrons. The molecule has 0 spiro atoms. The second-order valence-electron chi connectivity index (χ2n) is 3.61. The third-order valence-corrected chi connectivity index (χ3v) is 2.40. The van der Waals surface area contributed by atoms with Crippen LogP contribution >= 0.6 is 0 Å². The lowest BCUT2D eigenvalue weighted by molar-refractivity contribution is 0.896. The van der Waals surface area contributed by atoms with E-state index < -0.39 is 0 Å². The van der Waals surface area contributed by atoms with Crippen molar-refractivity contribution in [3.05, 3.63) is 48.4 Å². The molecular weight excluding hydrogens is 200 g/mol. The van der Waals surface area contributed by atoms with Crippen molar-refractivity contribution >= 4 is 11.2 Å². The molecule has 0 atom stereocenters. The molecule has 2 aromatic heterocycles. The van der Waals surface area contributed by atoms with Gasteiger partial charge in [-0.1, -0.05) is 18.2 Å². The maximum atomic E-state index is 4.38. The predicted molar refractivity (Wildman–Crippen MR) is 61.4 cm³/mol. The van der Waals surface area contributed by atoms with Crippen molar-refractivity contribution in [1.82, 2.24) is 19.7 Å². The van der Waals surface area contributed by atoms with Gasteiger partial charge in [-0.05, 0) is 19.1 Å². The third kappa shape index (κ3) is 1.35. The zero-order valence-corrected chi connectivity index (χ0v) is 8.83. The van der Waals surface area contributed by atoms with Crippen LogP contribution in [0.4, 0.5) is 0 Å². The number of para-hydroxylation sites is 1. The number of aryl methyl sites for hydroxylation is 1. The van der Waals surface area contributed by atoms with Crippen LogP contribution in [0.15, 0.2) is 42.7 Å². The van der Waals surface area contributed by atoms with Gasteiger partial charge in [0.15, 0.2) is 5.65 Å². The molecule has 0 N–H and O–H groups in total. The van der Waals surface area contributed by atoms with Gasteiger partial charge in [0.2, 0.25) is 0 Å². The van der Waals surface area contributed by atoms with Gasteiger partial charge < -0.3 is 0 Å². The van der Waals surface area contributed by atoms with Crippen LogP contribution in [0.25, 0.3) is 16.9 Å². The summed E-state index contributed by atoms with van der Waals surface area (Å²) in [7, 11) is 0. The molecule has 0 unspecified atom stereocenters. The molecule has 0 saturated heterocycles. The molecule has 2 heterocycles. The molecular formula is C12H10N4. The van der Waals surface area contributed by atoms with Crippen molar-refractivity contribution in [3.63, 3.8) is 0 Å². The Bertz CT molecular complexity index is 628. The summed E-state index contributed by atoms with van der Waals surface area (Å²) >= 11 is 0. The minimum absolute atomic E-state index is 0.789. The Labute approximate surface area is 92.6 Å². The lowest BCUT2D eigenvalue weighted by Gasteiger charge is -2.01. The van der Waals surface area contributed by atoms with Crippen LogP contribution in [-0.4, -0.2) is 19.7 Å². The Morgan fingerprint density at radius 2 is 1.88 bits per heavy atom. The zero-order valence-electron chi connectivity index (χ0n) is 8.83. The second-order valence-corrected chi connectivity index (χ2v) is 3.61. The predicted octanol–water partition coefficient (Wildman–Crippen LogP) is 2.12. The van der Waals surface area contributed by atoms with Crippen molar-refractivity contribution in [2.45, 2.75) is 6.92 Å². The first-order chi connectivity index (χ1) is 7.84. The monoisotopic (exact) mass is 210 g/mol. The van der Waals surface area contributed by atoms with Crippen molar-refractivity contribution in [1.29, 1.82) is 0 Å². The number of benzene rings is 1. The van der Waals surface area contributed by atoms with E-state index in [1.165, 1.54) is 0 Å². The molecule has 0 aliphatic heterocycles. The first-order valence-corrected chi connectivity index (χ1v) is 5.07. The number of nitrogens with zero attached hydrogens (tertiary/aromatic N) is 4. The lowest BCUT2D eigenvalue weighted by Crippen LogP contribution is -1.97. The van der Waals surface area contributed by atoms with Crippen LogP contribution in [0.3, 0.4) is 0 Å². The third-order valence-electron chi connectivity index (χ3n) is 2.40. The summed E-state index contributed by atoms with van der Waals surface area (Å²) < 4.78 is 1.79. The number of rotatable bonds is 1. The second kappa shape index (κ2) is 3.41. The smallest absolute Gasteiger partial charge is 0.181 e. The SMILES string of the molecule is Cc1cnc2c(cnn2-c2ccccc2)n1. The van der Waals surface area contributed by atoms with Crippen LogP contribution in [0.2, 0.25) is 0 Å². The molecule has 3 aromatic rings. The van der Waals surface area contributed by atoms with Gasteiger partial charge in [0.05, 0.1) is 23.8 Å². The van der Waals surface area contributed by atoms with E-state index >= 15 is 0 Å². The van der Waals surface area contributed by atoms with E-state index in [1.54, 1.807) is 17.1 Å². The van der Waals surface area contributed by atoms with Crippen molar-refractivity contribution < 1.29 is 0 Å². The number of aromatic nitrogens is 4. The number of hydrogen-bond acceptors (Lipinski definition) is 3. The van der Waals surface area contributed by atoms with E-state index in [0.717, 1.165) is 22.5 Å². The van der Waals surface area contributed by atoms with Crippen LogP contribution in [0.1, 0.15) is 5.69 Å². The fourth-order valence-corrected chi connectivity index (χ4v) is 1.66. The minimum Gasteiger partial charge on any atom is -0.246 e. The topological polar surface area (TPSA) is 43.6 Å². The Morgan fingerprint density at radius 1 is 1.06 bits per heavy atom. The standard InChI is InChI=1S/C12H10N4/c1-9-7-13-12-11(15-9)8-14-16(12)10-5-3-2-4-6-10/h2-8H,1H3. The molecule has 1 aromatic carbocycles. The Hall–Kier alpha value is -2.23. The molecule has 0 radical (unpaired) electrons. The summed E-state index contributed by atoms with van der Waals surface area (Å²) in [6.45, 7) is 1.92. The van der Waals surface area contributed by atoms with Gasteiger partial charge in [-0.25, -0.2) is 14.6 Å². The van der Waals surface area contributed by atoms with Gasteiger partial charge in [0.1, 0.15) is 5.52 Å². The number of fused-ring (bicyclic) bond motifs is 1. The largest absolute Gasteiger partial charge is 0.246 e. The Morgan fingerprint density at radius 3 is 2.69 bits per heavy atom. The summed E-state index contributed by atoms with van der Waals surface area (Å²) in [6, 6.07) is 9.92. The van der Waals surface area contributed by atoms with E-state index in [1.807, 2.05) is 37.3 Å². The van der Waals surface area contributed by atoms with Crippen LogP contribution in [0, 0.1) is 6.92 Å². The summed E-state index contributed by atoms with van der Waals surface area (Å²) in [6.07, 6.45) is 3.49. The maximum Gasteiger partial charge on any atom is 0.181 e. The first kappa shape index (κ1) is 9.03. The molecule has 0 bridgehead atoms. The molecule has 3 rings (SSSR count). The highest BCUT2D eigenvalue weighted by Gasteiger charge is 2.06. The van der Waals surface area contributed by atoms with Crippen LogP contribution < -0.4 is 0 Å². The quantitative estimate of drug-likeness (QED) is 0.618. The van der Waals surface area contributed by atoms with Crippen molar-refractivity contribution in [2.75, 3.05) is 0 Å². The van der Waals surface area contributed by atoms with E-state index in [4.69, 9.17) is 0 Å². The molecule has 4 heteroatoms. The molecule has 16 heavy (non-hydrogen) atoms. The lowest BCUT2D eigenvalue weighted by atomic mass is 10.3. The average molecular weight is 210 g/mol. The van der Waals surface area contributed by atoms with E-state index in [0.29, 0.717) is 0 Å². The highest BCUT2D eigenvalue weighted by Crippen LogP contribution is 2.14. The zero-order chi connectivity index (χ0) is 11.0. The van der Waals surface area contributed by atoms with Gasteiger partial charge in [0.25, 0.3) is 0 Å². The van der Waals surface area contributed by atoms with Crippen molar-refractivity contribution in [2.24, 2.45) is 0 Å². The Kier molecular flexibility index (Phi) is 1.93. The van der Waals surface area contributed by atoms with Gasteiger partial charge >= 0.3 is 0 Å². The molecule has 0 saturated carbocycles. The summed E-state index contributed by atoms with van der Waals surface area (Å²) in [5.41, 5.74) is 3.51.